The topological polar surface area (TPSA) is 76.1 Å². The Labute approximate surface area is 152 Å². The molecule has 2 unspecified atom stereocenters. The number of aliphatic carboxylic acids is 1. The van der Waals surface area contributed by atoms with Gasteiger partial charge in [-0.15, -0.1) is 0 Å². The van der Waals surface area contributed by atoms with Gasteiger partial charge in [0.15, 0.2) is 12.2 Å². The summed E-state index contributed by atoms with van der Waals surface area (Å²) in [7, 11) is 0. The fourth-order valence-corrected chi connectivity index (χ4v) is 2.87. The van der Waals surface area contributed by atoms with Crippen molar-refractivity contribution in [1.82, 2.24) is 4.90 Å². The second-order valence-electron chi connectivity index (χ2n) is 6.13. The number of carbonyl (C=O) groups excluding carboxylic acids is 1. The molecule has 136 valence electrons. The van der Waals surface area contributed by atoms with Gasteiger partial charge in [0.2, 0.25) is 0 Å². The minimum absolute atomic E-state index is 0.0365. The molecule has 0 radical (unpaired) electrons. The normalized spacial score (nSPS) is 18.2. The molecule has 1 N–H and O–H groups in total. The van der Waals surface area contributed by atoms with Gasteiger partial charge in [-0.3, -0.25) is 4.79 Å². The van der Waals surface area contributed by atoms with Crippen LogP contribution in [-0.4, -0.2) is 53.8 Å². The Kier molecular flexibility index (Phi) is 5.53. The average molecular weight is 355 g/mol. The number of carbonyl (C=O) groups is 2. The van der Waals surface area contributed by atoms with E-state index in [0.29, 0.717) is 12.3 Å². The Balaban J connectivity index is 1.61. The van der Waals surface area contributed by atoms with Gasteiger partial charge in [-0.05, 0) is 30.2 Å². The predicted octanol–water partition coefficient (Wildman–Crippen LogP) is 2.43. The van der Waals surface area contributed by atoms with Crippen LogP contribution >= 0.6 is 0 Å². The van der Waals surface area contributed by atoms with Crippen molar-refractivity contribution in [1.29, 1.82) is 0 Å². The number of carboxylic acid groups (broad SMARTS) is 1. The number of hydrogen-bond donors (Lipinski definition) is 1. The van der Waals surface area contributed by atoms with Crippen LogP contribution in [0.4, 0.5) is 0 Å². The van der Waals surface area contributed by atoms with Gasteiger partial charge < -0.3 is 19.5 Å². The lowest BCUT2D eigenvalue weighted by atomic mass is 10.1. The Hall–Kier alpha value is -2.86. The highest BCUT2D eigenvalue weighted by Gasteiger charge is 2.31. The molecule has 0 aliphatic carbocycles. The highest BCUT2D eigenvalue weighted by Crippen LogP contribution is 2.23. The summed E-state index contributed by atoms with van der Waals surface area (Å²) in [4.78, 5) is 25.0. The van der Waals surface area contributed by atoms with E-state index in [0.717, 1.165) is 11.1 Å². The number of ether oxygens (including phenoxy) is 2. The van der Waals surface area contributed by atoms with E-state index in [4.69, 9.17) is 14.6 Å². The van der Waals surface area contributed by atoms with E-state index in [1.807, 2.05) is 54.6 Å². The molecule has 0 bridgehead atoms. The second kappa shape index (κ2) is 8.01. The van der Waals surface area contributed by atoms with E-state index >= 15 is 0 Å². The molecule has 1 fully saturated rings. The van der Waals surface area contributed by atoms with Crippen LogP contribution in [0.3, 0.4) is 0 Å². The van der Waals surface area contributed by atoms with Crippen molar-refractivity contribution in [3.05, 3.63) is 54.6 Å². The number of rotatable bonds is 5. The van der Waals surface area contributed by atoms with Crippen LogP contribution in [0.1, 0.15) is 6.92 Å². The molecule has 6 nitrogen and oxygen atoms in total. The number of morpholine rings is 1. The quantitative estimate of drug-likeness (QED) is 0.891. The molecule has 1 saturated heterocycles. The lowest BCUT2D eigenvalue weighted by Gasteiger charge is -2.32. The third kappa shape index (κ3) is 4.21. The zero-order valence-corrected chi connectivity index (χ0v) is 14.5. The minimum Gasteiger partial charge on any atom is -0.481 e. The van der Waals surface area contributed by atoms with Crippen molar-refractivity contribution < 1.29 is 24.2 Å². The molecule has 6 heteroatoms. The van der Waals surface area contributed by atoms with Crippen LogP contribution in [0.25, 0.3) is 11.1 Å². The molecule has 2 aromatic rings. The third-order valence-corrected chi connectivity index (χ3v) is 4.28. The maximum Gasteiger partial charge on any atom is 0.334 e. The third-order valence-electron chi connectivity index (χ3n) is 4.28. The largest absolute Gasteiger partial charge is 0.481 e. The molecular formula is C20H21NO5. The van der Waals surface area contributed by atoms with Crippen LogP contribution in [0.15, 0.2) is 54.6 Å². The van der Waals surface area contributed by atoms with Crippen molar-refractivity contribution in [3.63, 3.8) is 0 Å². The minimum atomic E-state index is -1.06. The molecule has 1 amide bonds. The molecule has 0 saturated carbocycles. The summed E-state index contributed by atoms with van der Waals surface area (Å²) in [5.41, 5.74) is 2.17. The van der Waals surface area contributed by atoms with E-state index in [2.05, 4.69) is 0 Å². The Bertz CT molecular complexity index is 760. The average Bonchev–Trinajstić information content (AvgIpc) is 2.68. The lowest BCUT2D eigenvalue weighted by Crippen LogP contribution is -2.51. The van der Waals surface area contributed by atoms with Crippen LogP contribution < -0.4 is 4.74 Å². The smallest absolute Gasteiger partial charge is 0.334 e. The van der Waals surface area contributed by atoms with Crippen LogP contribution in [0.5, 0.6) is 5.75 Å². The lowest BCUT2D eigenvalue weighted by molar-refractivity contribution is -0.161. The Morgan fingerprint density at radius 1 is 1.12 bits per heavy atom. The van der Waals surface area contributed by atoms with Crippen molar-refractivity contribution in [2.45, 2.75) is 19.1 Å². The van der Waals surface area contributed by atoms with Gasteiger partial charge in [0.05, 0.1) is 13.2 Å². The molecule has 2 aromatic carbocycles. The Morgan fingerprint density at radius 2 is 1.77 bits per heavy atom. The standard InChI is InChI=1S/C20H21NO5/c1-14(19(22)21-11-12-25-18(13-21)20(23)24)26-17-9-7-16(8-10-17)15-5-3-2-4-6-15/h2-10,14,18H,11-13H2,1H3,(H,23,24). The van der Waals surface area contributed by atoms with Gasteiger partial charge in [0.25, 0.3) is 5.91 Å². The van der Waals surface area contributed by atoms with Crippen molar-refractivity contribution in [2.75, 3.05) is 19.7 Å². The van der Waals surface area contributed by atoms with E-state index in [1.165, 1.54) is 4.90 Å². The van der Waals surface area contributed by atoms with E-state index in [-0.39, 0.29) is 19.1 Å². The number of carboxylic acids is 1. The van der Waals surface area contributed by atoms with Crippen LogP contribution in [-0.2, 0) is 14.3 Å². The number of nitrogens with zero attached hydrogens (tertiary/aromatic N) is 1. The fraction of sp³-hybridized carbons (Fsp3) is 0.300. The first-order valence-electron chi connectivity index (χ1n) is 8.50. The van der Waals surface area contributed by atoms with Gasteiger partial charge in [0.1, 0.15) is 5.75 Å². The maximum atomic E-state index is 12.5. The molecule has 3 rings (SSSR count). The second-order valence-corrected chi connectivity index (χ2v) is 6.13. The summed E-state index contributed by atoms with van der Waals surface area (Å²) in [5.74, 6) is -0.715. The summed E-state index contributed by atoms with van der Waals surface area (Å²) in [5, 5.41) is 9.04. The molecule has 0 aromatic heterocycles. The summed E-state index contributed by atoms with van der Waals surface area (Å²) < 4.78 is 10.9. The van der Waals surface area contributed by atoms with Gasteiger partial charge in [-0.1, -0.05) is 42.5 Å². The van der Waals surface area contributed by atoms with Crippen molar-refractivity contribution in [3.8, 4) is 16.9 Å². The number of hydrogen-bond acceptors (Lipinski definition) is 4. The van der Waals surface area contributed by atoms with E-state index < -0.39 is 18.2 Å². The summed E-state index contributed by atoms with van der Waals surface area (Å²) in [6, 6.07) is 17.5. The fourth-order valence-electron chi connectivity index (χ4n) is 2.87. The Morgan fingerprint density at radius 3 is 2.42 bits per heavy atom. The summed E-state index contributed by atoms with van der Waals surface area (Å²) >= 11 is 0. The summed E-state index contributed by atoms with van der Waals surface area (Å²) in [6.07, 6.45) is -1.69. The zero-order valence-electron chi connectivity index (χ0n) is 14.5. The highest BCUT2D eigenvalue weighted by molar-refractivity contribution is 5.82. The van der Waals surface area contributed by atoms with E-state index in [1.54, 1.807) is 6.92 Å². The van der Waals surface area contributed by atoms with Crippen molar-refractivity contribution >= 4 is 11.9 Å². The number of benzene rings is 2. The molecular weight excluding hydrogens is 334 g/mol. The van der Waals surface area contributed by atoms with Crippen molar-refractivity contribution in [2.24, 2.45) is 0 Å². The van der Waals surface area contributed by atoms with Crippen LogP contribution in [0.2, 0.25) is 0 Å². The number of amides is 1. The van der Waals surface area contributed by atoms with Gasteiger partial charge >= 0.3 is 5.97 Å². The predicted molar refractivity (Wildman–Crippen MR) is 95.9 cm³/mol. The van der Waals surface area contributed by atoms with Crippen LogP contribution in [0, 0.1) is 0 Å². The first-order valence-corrected chi connectivity index (χ1v) is 8.50. The maximum absolute atomic E-state index is 12.5. The summed E-state index contributed by atoms with van der Waals surface area (Å²) in [6.45, 7) is 2.28. The van der Waals surface area contributed by atoms with Gasteiger partial charge in [0, 0.05) is 6.54 Å². The first kappa shape index (κ1) is 17.9. The molecule has 1 aliphatic rings. The SMILES string of the molecule is CC(Oc1ccc(-c2ccccc2)cc1)C(=O)N1CCOC(C(=O)O)C1. The first-order chi connectivity index (χ1) is 12.5. The molecule has 0 spiro atoms. The molecule has 1 heterocycles. The molecule has 1 aliphatic heterocycles. The van der Waals surface area contributed by atoms with Gasteiger partial charge in [-0.25, -0.2) is 4.79 Å². The monoisotopic (exact) mass is 355 g/mol. The van der Waals surface area contributed by atoms with E-state index in [9.17, 15) is 9.59 Å². The molecule has 26 heavy (non-hydrogen) atoms. The highest BCUT2D eigenvalue weighted by atomic mass is 16.5. The van der Waals surface area contributed by atoms with Gasteiger partial charge in [-0.2, -0.15) is 0 Å². The molecule has 2 atom stereocenters. The zero-order chi connectivity index (χ0) is 18.5.